The Morgan fingerprint density at radius 1 is 1.17 bits per heavy atom. The second-order valence-electron chi connectivity index (χ2n) is 7.07. The zero-order chi connectivity index (χ0) is 17.5. The molecule has 0 aromatic heterocycles. The molecule has 1 fully saturated rings. The van der Waals surface area contributed by atoms with Crippen molar-refractivity contribution >= 4 is 5.91 Å². The van der Waals surface area contributed by atoms with Crippen LogP contribution in [0, 0.1) is 5.92 Å². The number of methoxy groups -OCH3 is 2. The summed E-state index contributed by atoms with van der Waals surface area (Å²) in [6.07, 6.45) is 6.27. The van der Waals surface area contributed by atoms with Gasteiger partial charge in [0.1, 0.15) is 0 Å². The molecule has 1 aliphatic carbocycles. The third kappa shape index (κ3) is 4.89. The van der Waals surface area contributed by atoms with E-state index in [1.165, 1.54) is 12.8 Å². The van der Waals surface area contributed by atoms with Gasteiger partial charge in [-0.2, -0.15) is 0 Å². The van der Waals surface area contributed by atoms with Crippen LogP contribution in [0.4, 0.5) is 0 Å². The molecule has 1 aromatic rings. The molecule has 24 heavy (non-hydrogen) atoms. The molecule has 4 heteroatoms. The topological polar surface area (TPSA) is 38.8 Å². The number of amides is 1. The van der Waals surface area contributed by atoms with Crippen molar-refractivity contribution in [3.63, 3.8) is 0 Å². The van der Waals surface area contributed by atoms with Crippen LogP contribution in [0.2, 0.25) is 0 Å². The number of hydrogen-bond donors (Lipinski definition) is 0. The fraction of sp³-hybridized carbons (Fsp3) is 0.650. The van der Waals surface area contributed by atoms with Gasteiger partial charge in [0.15, 0.2) is 11.5 Å². The van der Waals surface area contributed by atoms with Crippen LogP contribution in [0.3, 0.4) is 0 Å². The van der Waals surface area contributed by atoms with Crippen LogP contribution in [0.1, 0.15) is 51.5 Å². The summed E-state index contributed by atoms with van der Waals surface area (Å²) in [7, 11) is 3.24. The van der Waals surface area contributed by atoms with Crippen molar-refractivity contribution in [2.75, 3.05) is 20.8 Å². The normalized spacial score (nSPS) is 14.9. The number of carbonyl (C=O) groups is 1. The Morgan fingerprint density at radius 3 is 2.42 bits per heavy atom. The predicted molar refractivity (Wildman–Crippen MR) is 96.7 cm³/mol. The van der Waals surface area contributed by atoms with Crippen molar-refractivity contribution < 1.29 is 14.3 Å². The average Bonchev–Trinajstić information content (AvgIpc) is 3.08. The Balaban J connectivity index is 2.08. The van der Waals surface area contributed by atoms with E-state index >= 15 is 0 Å². The average molecular weight is 333 g/mol. The lowest BCUT2D eigenvalue weighted by molar-refractivity contribution is -0.132. The van der Waals surface area contributed by atoms with Crippen molar-refractivity contribution in [3.8, 4) is 11.5 Å². The van der Waals surface area contributed by atoms with Gasteiger partial charge < -0.3 is 14.4 Å². The molecule has 0 radical (unpaired) electrons. The largest absolute Gasteiger partial charge is 0.493 e. The summed E-state index contributed by atoms with van der Waals surface area (Å²) in [4.78, 5) is 15.0. The van der Waals surface area contributed by atoms with Crippen LogP contribution in [0.5, 0.6) is 11.5 Å². The number of hydrogen-bond acceptors (Lipinski definition) is 3. The summed E-state index contributed by atoms with van der Waals surface area (Å²) in [6.45, 7) is 5.30. The first-order chi connectivity index (χ1) is 11.5. The fourth-order valence-corrected chi connectivity index (χ4v) is 3.39. The Kier molecular flexibility index (Phi) is 6.95. The van der Waals surface area contributed by atoms with E-state index in [4.69, 9.17) is 9.47 Å². The van der Waals surface area contributed by atoms with Gasteiger partial charge in [0.2, 0.25) is 5.91 Å². The zero-order valence-electron chi connectivity index (χ0n) is 15.5. The van der Waals surface area contributed by atoms with Crippen molar-refractivity contribution in [1.82, 2.24) is 4.90 Å². The maximum atomic E-state index is 12.9. The van der Waals surface area contributed by atoms with Gasteiger partial charge in [-0.15, -0.1) is 0 Å². The van der Waals surface area contributed by atoms with E-state index in [1.807, 2.05) is 18.2 Å². The molecule has 0 spiro atoms. The number of carbonyl (C=O) groups excluding carboxylic acids is 1. The number of rotatable bonds is 8. The SMILES string of the molecule is COc1ccc(CC(=O)N(CCC(C)C)C2CCCC2)cc1OC. The van der Waals surface area contributed by atoms with E-state index in [1.54, 1.807) is 14.2 Å². The molecule has 0 heterocycles. The van der Waals surface area contributed by atoms with Crippen LogP contribution in [-0.2, 0) is 11.2 Å². The first-order valence-corrected chi connectivity index (χ1v) is 9.05. The molecule has 0 N–H and O–H groups in total. The Labute approximate surface area is 146 Å². The lowest BCUT2D eigenvalue weighted by Crippen LogP contribution is -2.40. The molecule has 1 saturated carbocycles. The highest BCUT2D eigenvalue weighted by Crippen LogP contribution is 2.29. The summed E-state index contributed by atoms with van der Waals surface area (Å²) in [6, 6.07) is 6.16. The molecular formula is C20H31NO3. The van der Waals surface area contributed by atoms with Gasteiger partial charge in [-0.05, 0) is 42.9 Å². The van der Waals surface area contributed by atoms with Crippen molar-refractivity contribution in [3.05, 3.63) is 23.8 Å². The standard InChI is InChI=1S/C20H31NO3/c1-15(2)11-12-21(17-7-5-6-8-17)20(22)14-16-9-10-18(23-3)19(13-16)24-4/h9-10,13,15,17H,5-8,11-12,14H2,1-4H3. The van der Waals surface area contributed by atoms with E-state index in [0.29, 0.717) is 29.9 Å². The zero-order valence-corrected chi connectivity index (χ0v) is 15.5. The van der Waals surface area contributed by atoms with Crippen LogP contribution in [0.25, 0.3) is 0 Å². The van der Waals surface area contributed by atoms with Gasteiger partial charge >= 0.3 is 0 Å². The minimum Gasteiger partial charge on any atom is -0.493 e. The lowest BCUT2D eigenvalue weighted by Gasteiger charge is -2.30. The molecular weight excluding hydrogens is 302 g/mol. The third-order valence-electron chi connectivity index (χ3n) is 4.84. The van der Waals surface area contributed by atoms with Gasteiger partial charge in [-0.1, -0.05) is 32.8 Å². The van der Waals surface area contributed by atoms with E-state index in [9.17, 15) is 4.79 Å². The van der Waals surface area contributed by atoms with Crippen molar-refractivity contribution in [2.24, 2.45) is 5.92 Å². The molecule has 0 atom stereocenters. The monoisotopic (exact) mass is 333 g/mol. The number of nitrogens with zero attached hydrogens (tertiary/aromatic N) is 1. The quantitative estimate of drug-likeness (QED) is 0.720. The minimum absolute atomic E-state index is 0.231. The summed E-state index contributed by atoms with van der Waals surface area (Å²) in [5.74, 6) is 2.22. The summed E-state index contributed by atoms with van der Waals surface area (Å²) < 4.78 is 10.6. The molecule has 0 unspecified atom stereocenters. The third-order valence-corrected chi connectivity index (χ3v) is 4.84. The van der Waals surface area contributed by atoms with Crippen molar-refractivity contribution in [2.45, 2.75) is 58.4 Å². The molecule has 0 aliphatic heterocycles. The molecule has 1 aromatic carbocycles. The summed E-state index contributed by atoms with van der Waals surface area (Å²) in [5.41, 5.74) is 0.977. The molecule has 0 saturated heterocycles. The second-order valence-corrected chi connectivity index (χ2v) is 7.07. The maximum absolute atomic E-state index is 12.9. The van der Waals surface area contributed by atoms with Crippen LogP contribution < -0.4 is 9.47 Å². The first-order valence-electron chi connectivity index (χ1n) is 9.05. The van der Waals surface area contributed by atoms with Crippen molar-refractivity contribution in [1.29, 1.82) is 0 Å². The smallest absolute Gasteiger partial charge is 0.227 e. The maximum Gasteiger partial charge on any atom is 0.227 e. The Hall–Kier alpha value is -1.71. The van der Waals surface area contributed by atoms with Gasteiger partial charge in [0, 0.05) is 12.6 Å². The van der Waals surface area contributed by atoms with Crippen LogP contribution >= 0.6 is 0 Å². The van der Waals surface area contributed by atoms with Crippen LogP contribution in [0.15, 0.2) is 18.2 Å². The van der Waals surface area contributed by atoms with Crippen LogP contribution in [-0.4, -0.2) is 37.6 Å². The Bertz CT molecular complexity index is 536. The minimum atomic E-state index is 0.231. The van der Waals surface area contributed by atoms with E-state index in [2.05, 4.69) is 18.7 Å². The molecule has 2 rings (SSSR count). The molecule has 1 amide bonds. The molecule has 0 bridgehead atoms. The van der Waals surface area contributed by atoms with E-state index < -0.39 is 0 Å². The van der Waals surface area contributed by atoms with E-state index in [0.717, 1.165) is 31.4 Å². The fourth-order valence-electron chi connectivity index (χ4n) is 3.39. The molecule has 134 valence electrons. The highest BCUT2D eigenvalue weighted by atomic mass is 16.5. The van der Waals surface area contributed by atoms with E-state index in [-0.39, 0.29) is 5.91 Å². The number of ether oxygens (including phenoxy) is 2. The number of benzene rings is 1. The highest BCUT2D eigenvalue weighted by molar-refractivity contribution is 5.79. The van der Waals surface area contributed by atoms with Gasteiger partial charge in [-0.3, -0.25) is 4.79 Å². The molecule has 1 aliphatic rings. The summed E-state index contributed by atoms with van der Waals surface area (Å²) in [5, 5.41) is 0. The molecule has 4 nitrogen and oxygen atoms in total. The van der Waals surface area contributed by atoms with Gasteiger partial charge in [0.25, 0.3) is 0 Å². The van der Waals surface area contributed by atoms with Gasteiger partial charge in [-0.25, -0.2) is 0 Å². The summed E-state index contributed by atoms with van der Waals surface area (Å²) >= 11 is 0. The Morgan fingerprint density at radius 2 is 1.83 bits per heavy atom. The highest BCUT2D eigenvalue weighted by Gasteiger charge is 2.26. The first kappa shape index (κ1) is 18.6. The lowest BCUT2D eigenvalue weighted by atomic mass is 10.1. The second kappa shape index (κ2) is 8.95. The predicted octanol–water partition coefficient (Wildman–Crippen LogP) is 4.06. The van der Waals surface area contributed by atoms with Gasteiger partial charge in [0.05, 0.1) is 20.6 Å².